The van der Waals surface area contributed by atoms with Crippen LogP contribution in [0.2, 0.25) is 0 Å². The fourth-order valence-electron chi connectivity index (χ4n) is 2.78. The van der Waals surface area contributed by atoms with Gasteiger partial charge in [0.05, 0.1) is 24.2 Å². The largest absolute Gasteiger partial charge is 0.394 e. The first-order chi connectivity index (χ1) is 10.0. The Labute approximate surface area is 122 Å². The van der Waals surface area contributed by atoms with Gasteiger partial charge in [-0.2, -0.15) is 5.10 Å². The van der Waals surface area contributed by atoms with E-state index in [0.29, 0.717) is 6.54 Å². The van der Waals surface area contributed by atoms with Crippen molar-refractivity contribution in [1.82, 2.24) is 15.1 Å². The van der Waals surface area contributed by atoms with Gasteiger partial charge in [-0.3, -0.25) is 14.8 Å². The number of nitrogens with one attached hydrogen (secondary N) is 1. The normalized spacial score (nSPS) is 19.3. The summed E-state index contributed by atoms with van der Waals surface area (Å²) in [5.74, 6) is 0. The summed E-state index contributed by atoms with van der Waals surface area (Å²) in [6, 6.07) is 0. The number of nitro groups is 1. The number of β-amino-alcohol motifs (C(OH)–C–C–N with tert-alkyl or cyclic N) is 1. The number of rotatable bonds is 7. The van der Waals surface area contributed by atoms with Gasteiger partial charge < -0.3 is 15.5 Å². The summed E-state index contributed by atoms with van der Waals surface area (Å²) >= 11 is 0. The van der Waals surface area contributed by atoms with Gasteiger partial charge in [-0.15, -0.1) is 0 Å². The second kappa shape index (κ2) is 6.97. The first kappa shape index (κ1) is 15.9. The highest BCUT2D eigenvalue weighted by Crippen LogP contribution is 2.27. The molecule has 1 fully saturated rings. The van der Waals surface area contributed by atoms with Crippen LogP contribution in [0, 0.1) is 10.1 Å². The first-order valence-corrected chi connectivity index (χ1v) is 7.25. The van der Waals surface area contributed by atoms with Crippen LogP contribution in [0.15, 0.2) is 12.4 Å². The molecule has 0 radical (unpaired) electrons. The van der Waals surface area contributed by atoms with Crippen molar-refractivity contribution in [3.8, 4) is 0 Å². The zero-order valence-electron chi connectivity index (χ0n) is 11.9. The van der Waals surface area contributed by atoms with E-state index in [0.717, 1.165) is 31.9 Å². The summed E-state index contributed by atoms with van der Waals surface area (Å²) in [7, 11) is 0. The highest BCUT2D eigenvalue weighted by atomic mass is 16.6. The third-order valence-electron chi connectivity index (χ3n) is 4.05. The molecule has 1 aromatic rings. The topological polar surface area (TPSA) is 113 Å². The second-order valence-electron chi connectivity index (χ2n) is 5.71. The number of hydrogen-bond donors (Lipinski definition) is 3. The third kappa shape index (κ3) is 4.23. The molecule has 21 heavy (non-hydrogen) atoms. The predicted molar refractivity (Wildman–Crippen MR) is 75.8 cm³/mol. The molecule has 1 saturated carbocycles. The van der Waals surface area contributed by atoms with E-state index >= 15 is 0 Å². The van der Waals surface area contributed by atoms with E-state index in [-0.39, 0.29) is 24.4 Å². The van der Waals surface area contributed by atoms with E-state index in [4.69, 9.17) is 0 Å². The molecular weight excluding hydrogens is 276 g/mol. The van der Waals surface area contributed by atoms with E-state index < -0.39 is 11.0 Å². The van der Waals surface area contributed by atoms with Gasteiger partial charge in [0.2, 0.25) is 0 Å². The maximum Gasteiger partial charge on any atom is 0.306 e. The highest BCUT2D eigenvalue weighted by molar-refractivity contribution is 5.20. The van der Waals surface area contributed by atoms with E-state index in [9.17, 15) is 20.3 Å². The monoisotopic (exact) mass is 298 g/mol. The lowest BCUT2D eigenvalue weighted by Gasteiger charge is -2.37. The van der Waals surface area contributed by atoms with Crippen molar-refractivity contribution in [1.29, 1.82) is 0 Å². The lowest BCUT2D eigenvalue weighted by atomic mass is 9.82. The summed E-state index contributed by atoms with van der Waals surface area (Å²) < 4.78 is 1.36. The van der Waals surface area contributed by atoms with Gasteiger partial charge in [0.25, 0.3) is 0 Å². The van der Waals surface area contributed by atoms with Gasteiger partial charge in [-0.05, 0) is 12.8 Å². The van der Waals surface area contributed by atoms with Crippen LogP contribution in [0.4, 0.5) is 5.69 Å². The molecular formula is C13H22N4O4. The quantitative estimate of drug-likeness (QED) is 0.497. The lowest BCUT2D eigenvalue weighted by Crippen LogP contribution is -2.52. The van der Waals surface area contributed by atoms with Gasteiger partial charge in [-0.1, -0.05) is 19.3 Å². The summed E-state index contributed by atoms with van der Waals surface area (Å²) in [5, 5.41) is 37.3. The van der Waals surface area contributed by atoms with E-state index in [2.05, 4.69) is 10.4 Å². The Morgan fingerprint density at radius 1 is 1.48 bits per heavy atom. The molecule has 0 aromatic carbocycles. The van der Waals surface area contributed by atoms with Gasteiger partial charge in [-0.25, -0.2) is 0 Å². The molecule has 0 aliphatic heterocycles. The van der Waals surface area contributed by atoms with Crippen molar-refractivity contribution in [3.63, 3.8) is 0 Å². The first-order valence-electron chi connectivity index (χ1n) is 7.25. The Balaban J connectivity index is 1.83. The molecule has 3 N–H and O–H groups in total. The molecule has 0 amide bonds. The van der Waals surface area contributed by atoms with Crippen molar-refractivity contribution in [2.24, 2.45) is 0 Å². The SMILES string of the molecule is O=[N+]([O-])c1cnn(CC(O)CNC2(CO)CCCCC2)c1. The third-order valence-corrected chi connectivity index (χ3v) is 4.05. The van der Waals surface area contributed by atoms with Crippen molar-refractivity contribution in [2.75, 3.05) is 13.2 Å². The molecule has 1 heterocycles. The molecule has 118 valence electrons. The summed E-state index contributed by atoms with van der Waals surface area (Å²) in [4.78, 5) is 10.0. The minimum absolute atomic E-state index is 0.0625. The minimum atomic E-state index is -0.713. The van der Waals surface area contributed by atoms with Crippen molar-refractivity contribution in [3.05, 3.63) is 22.5 Å². The summed E-state index contributed by atoms with van der Waals surface area (Å²) in [6.45, 7) is 0.573. The molecule has 8 heteroatoms. The number of aliphatic hydroxyl groups excluding tert-OH is 2. The molecule has 0 spiro atoms. The number of hydrogen-bond acceptors (Lipinski definition) is 6. The van der Waals surface area contributed by atoms with Crippen molar-refractivity contribution >= 4 is 5.69 Å². The molecule has 1 atom stereocenters. The standard InChI is InChI=1S/C13H22N4O4/c18-10-13(4-2-1-3-5-13)14-7-12(19)9-16-8-11(6-15-16)17(20)21/h6,8,12,14,18-19H,1-5,7,9-10H2. The van der Waals surface area contributed by atoms with Crippen LogP contribution in [0.1, 0.15) is 32.1 Å². The molecule has 0 bridgehead atoms. The van der Waals surface area contributed by atoms with Crippen LogP contribution in [0.5, 0.6) is 0 Å². The molecule has 2 rings (SSSR count). The minimum Gasteiger partial charge on any atom is -0.394 e. The number of aliphatic hydroxyl groups is 2. The van der Waals surface area contributed by atoms with E-state index in [1.165, 1.54) is 17.3 Å². The van der Waals surface area contributed by atoms with E-state index in [1.54, 1.807) is 0 Å². The van der Waals surface area contributed by atoms with E-state index in [1.807, 2.05) is 0 Å². The van der Waals surface area contributed by atoms with Crippen LogP contribution in [-0.2, 0) is 6.54 Å². The van der Waals surface area contributed by atoms with Crippen LogP contribution < -0.4 is 5.32 Å². The molecule has 1 unspecified atom stereocenters. The predicted octanol–water partition coefficient (Wildman–Crippen LogP) is 0.437. The van der Waals surface area contributed by atoms with Gasteiger partial charge in [0, 0.05) is 12.1 Å². The molecule has 1 aliphatic carbocycles. The summed E-state index contributed by atoms with van der Waals surface area (Å²) in [5.41, 5.74) is -0.385. The Bertz CT molecular complexity index is 470. The summed E-state index contributed by atoms with van der Waals surface area (Å²) in [6.07, 6.45) is 6.90. The van der Waals surface area contributed by atoms with Gasteiger partial charge in [0.15, 0.2) is 0 Å². The van der Waals surface area contributed by atoms with Crippen LogP contribution in [0.25, 0.3) is 0 Å². The Kier molecular flexibility index (Phi) is 5.27. The average molecular weight is 298 g/mol. The zero-order chi connectivity index (χ0) is 15.3. The Morgan fingerprint density at radius 2 is 2.19 bits per heavy atom. The van der Waals surface area contributed by atoms with Crippen LogP contribution in [0.3, 0.4) is 0 Å². The molecule has 1 aliphatic rings. The van der Waals surface area contributed by atoms with Crippen molar-refractivity contribution < 1.29 is 15.1 Å². The van der Waals surface area contributed by atoms with Crippen LogP contribution in [-0.4, -0.2) is 49.7 Å². The zero-order valence-corrected chi connectivity index (χ0v) is 11.9. The van der Waals surface area contributed by atoms with Crippen molar-refractivity contribution in [2.45, 2.75) is 50.3 Å². The molecule has 0 saturated heterocycles. The number of aromatic nitrogens is 2. The fraction of sp³-hybridized carbons (Fsp3) is 0.769. The fourth-order valence-corrected chi connectivity index (χ4v) is 2.78. The Morgan fingerprint density at radius 3 is 2.76 bits per heavy atom. The van der Waals surface area contributed by atoms with Gasteiger partial charge >= 0.3 is 5.69 Å². The molecule has 8 nitrogen and oxygen atoms in total. The second-order valence-corrected chi connectivity index (χ2v) is 5.71. The maximum atomic E-state index is 10.6. The lowest BCUT2D eigenvalue weighted by molar-refractivity contribution is -0.385. The average Bonchev–Trinajstić information content (AvgIpc) is 2.95. The smallest absolute Gasteiger partial charge is 0.306 e. The number of nitrogens with zero attached hydrogens (tertiary/aromatic N) is 3. The molecule has 1 aromatic heterocycles. The maximum absolute atomic E-state index is 10.6. The van der Waals surface area contributed by atoms with Gasteiger partial charge in [0.1, 0.15) is 12.4 Å². The van der Waals surface area contributed by atoms with Crippen LogP contribution >= 0.6 is 0 Å². The highest BCUT2D eigenvalue weighted by Gasteiger charge is 2.31. The Hall–Kier alpha value is -1.51.